The SMILES string of the molecule is CCOc1ccc2c(c1)O[C@@]1(c3ccc(Cl)cc3)[C@H](c3ccccc3)C/C(=N\O)[C@@]21O. The van der Waals surface area contributed by atoms with Crippen molar-refractivity contribution < 1.29 is 19.8 Å². The average molecular weight is 436 g/mol. The van der Waals surface area contributed by atoms with Gasteiger partial charge >= 0.3 is 0 Å². The fraction of sp³-hybridized carbons (Fsp3) is 0.240. The second-order valence-electron chi connectivity index (χ2n) is 7.86. The van der Waals surface area contributed by atoms with Gasteiger partial charge in [-0.15, -0.1) is 0 Å². The van der Waals surface area contributed by atoms with E-state index >= 15 is 0 Å². The maximum Gasteiger partial charge on any atom is 0.179 e. The summed E-state index contributed by atoms with van der Waals surface area (Å²) in [7, 11) is 0. The number of hydrogen-bond donors (Lipinski definition) is 2. The lowest BCUT2D eigenvalue weighted by Crippen LogP contribution is -2.50. The Morgan fingerprint density at radius 3 is 2.52 bits per heavy atom. The molecular weight excluding hydrogens is 414 g/mol. The number of hydrogen-bond acceptors (Lipinski definition) is 5. The van der Waals surface area contributed by atoms with Crippen LogP contribution in [0.3, 0.4) is 0 Å². The molecule has 3 atom stereocenters. The third-order valence-corrected chi connectivity index (χ3v) is 6.62. The van der Waals surface area contributed by atoms with E-state index in [4.69, 9.17) is 21.1 Å². The van der Waals surface area contributed by atoms with Crippen LogP contribution in [-0.4, -0.2) is 22.6 Å². The molecule has 5 nitrogen and oxygen atoms in total. The van der Waals surface area contributed by atoms with Gasteiger partial charge in [-0.25, -0.2) is 0 Å². The molecule has 2 aliphatic rings. The molecule has 1 saturated carbocycles. The van der Waals surface area contributed by atoms with E-state index in [9.17, 15) is 10.3 Å². The Balaban J connectivity index is 1.79. The number of halogens is 1. The van der Waals surface area contributed by atoms with E-state index in [1.54, 1.807) is 30.3 Å². The van der Waals surface area contributed by atoms with Crippen LogP contribution in [0.1, 0.15) is 36.0 Å². The van der Waals surface area contributed by atoms with Gasteiger partial charge in [-0.2, -0.15) is 0 Å². The van der Waals surface area contributed by atoms with E-state index in [0.717, 1.165) is 11.1 Å². The molecule has 5 rings (SSSR count). The molecule has 1 aliphatic carbocycles. The number of benzene rings is 3. The standard InChI is InChI=1S/C25H22ClNO4/c1-2-30-19-12-13-20-22(14-19)31-25(17-8-10-18(26)11-9-17)21(16-6-4-3-5-7-16)15-23(27-29)24(20,25)28/h3-14,21,28-29H,2,15H2,1H3/b27-23+/t21-,24-,25-/m0/s1. The van der Waals surface area contributed by atoms with E-state index in [-0.39, 0.29) is 11.6 Å². The minimum absolute atomic E-state index is 0.263. The van der Waals surface area contributed by atoms with E-state index in [0.29, 0.717) is 35.1 Å². The van der Waals surface area contributed by atoms with Gasteiger partial charge in [0.05, 0.1) is 12.3 Å². The van der Waals surface area contributed by atoms with E-state index in [2.05, 4.69) is 5.16 Å². The van der Waals surface area contributed by atoms with Gasteiger partial charge in [-0.1, -0.05) is 59.2 Å². The molecule has 0 aromatic heterocycles. The summed E-state index contributed by atoms with van der Waals surface area (Å²) in [4.78, 5) is 0. The van der Waals surface area contributed by atoms with E-state index < -0.39 is 11.2 Å². The van der Waals surface area contributed by atoms with Gasteiger partial charge in [0, 0.05) is 29.0 Å². The van der Waals surface area contributed by atoms with Crippen LogP contribution in [-0.2, 0) is 11.2 Å². The summed E-state index contributed by atoms with van der Waals surface area (Å²) in [6.07, 6.45) is 0.340. The van der Waals surface area contributed by atoms with Crippen LogP contribution >= 0.6 is 11.6 Å². The molecule has 158 valence electrons. The van der Waals surface area contributed by atoms with Gasteiger partial charge in [0.15, 0.2) is 11.2 Å². The summed E-state index contributed by atoms with van der Waals surface area (Å²) in [6.45, 7) is 2.43. The normalized spacial score (nSPS) is 27.6. The average Bonchev–Trinajstić information content (AvgIpc) is 3.19. The van der Waals surface area contributed by atoms with Crippen molar-refractivity contribution in [1.29, 1.82) is 0 Å². The Hall–Kier alpha value is -3.02. The predicted octanol–water partition coefficient (Wildman–Crippen LogP) is 5.23. The fourth-order valence-corrected chi connectivity index (χ4v) is 5.21. The van der Waals surface area contributed by atoms with Gasteiger partial charge in [-0.05, 0) is 42.3 Å². The Morgan fingerprint density at radius 2 is 1.84 bits per heavy atom. The molecule has 31 heavy (non-hydrogen) atoms. The molecular formula is C25H22ClNO4. The first-order valence-corrected chi connectivity index (χ1v) is 10.6. The molecule has 0 bridgehead atoms. The van der Waals surface area contributed by atoms with Gasteiger partial charge < -0.3 is 19.8 Å². The second kappa shape index (κ2) is 7.29. The summed E-state index contributed by atoms with van der Waals surface area (Å²) < 4.78 is 12.3. The highest BCUT2D eigenvalue weighted by molar-refractivity contribution is 6.30. The first-order valence-electron chi connectivity index (χ1n) is 10.3. The summed E-state index contributed by atoms with van der Waals surface area (Å²) in [5.41, 5.74) is -0.339. The topological polar surface area (TPSA) is 71.3 Å². The van der Waals surface area contributed by atoms with Crippen LogP contribution < -0.4 is 9.47 Å². The number of ether oxygens (including phenoxy) is 2. The fourth-order valence-electron chi connectivity index (χ4n) is 5.09. The Labute approximate surface area is 185 Å². The lowest BCUT2D eigenvalue weighted by molar-refractivity contribution is -0.0749. The monoisotopic (exact) mass is 435 g/mol. The number of oxime groups is 1. The molecule has 2 N–H and O–H groups in total. The zero-order valence-corrected chi connectivity index (χ0v) is 17.7. The quantitative estimate of drug-likeness (QED) is 0.434. The number of aliphatic hydroxyl groups is 1. The molecule has 3 aromatic carbocycles. The lowest BCUT2D eigenvalue weighted by atomic mass is 9.71. The first kappa shape index (κ1) is 19.9. The number of rotatable bonds is 4. The maximum absolute atomic E-state index is 12.3. The molecule has 0 amide bonds. The van der Waals surface area contributed by atoms with Crippen LogP contribution in [0.2, 0.25) is 5.02 Å². The minimum atomic E-state index is -1.66. The summed E-state index contributed by atoms with van der Waals surface area (Å²) >= 11 is 6.16. The Morgan fingerprint density at radius 1 is 1.10 bits per heavy atom. The highest BCUT2D eigenvalue weighted by Gasteiger charge is 2.72. The molecule has 0 saturated heterocycles. The lowest BCUT2D eigenvalue weighted by Gasteiger charge is -2.39. The number of nitrogens with zero attached hydrogens (tertiary/aromatic N) is 1. The van der Waals surface area contributed by atoms with Crippen molar-refractivity contribution in [3.05, 3.63) is 94.5 Å². The van der Waals surface area contributed by atoms with Crippen LogP contribution in [0.5, 0.6) is 11.5 Å². The zero-order valence-electron chi connectivity index (χ0n) is 17.0. The smallest absolute Gasteiger partial charge is 0.179 e. The third kappa shape index (κ3) is 2.70. The summed E-state index contributed by atoms with van der Waals surface area (Å²) in [5.74, 6) is 0.855. The summed E-state index contributed by atoms with van der Waals surface area (Å²) in [6, 6.07) is 22.5. The first-order chi connectivity index (χ1) is 15.0. The Kier molecular flexibility index (Phi) is 4.68. The number of fused-ring (bicyclic) bond motifs is 3. The summed E-state index contributed by atoms with van der Waals surface area (Å²) in [5, 5.41) is 26.4. The van der Waals surface area contributed by atoms with Crippen molar-refractivity contribution >= 4 is 17.3 Å². The van der Waals surface area contributed by atoms with Crippen molar-refractivity contribution in [1.82, 2.24) is 0 Å². The maximum atomic E-state index is 12.3. The van der Waals surface area contributed by atoms with Gasteiger partial charge in [-0.3, -0.25) is 0 Å². The molecule has 1 fully saturated rings. The highest BCUT2D eigenvalue weighted by atomic mass is 35.5. The van der Waals surface area contributed by atoms with Crippen molar-refractivity contribution in [2.24, 2.45) is 5.16 Å². The Bertz CT molecular complexity index is 1150. The van der Waals surface area contributed by atoms with Crippen LogP contribution in [0.25, 0.3) is 0 Å². The zero-order chi connectivity index (χ0) is 21.6. The molecule has 0 unspecified atom stereocenters. The predicted molar refractivity (Wildman–Crippen MR) is 118 cm³/mol. The van der Waals surface area contributed by atoms with Crippen molar-refractivity contribution in [2.75, 3.05) is 6.61 Å². The molecule has 6 heteroatoms. The van der Waals surface area contributed by atoms with Crippen molar-refractivity contribution in [3.63, 3.8) is 0 Å². The minimum Gasteiger partial charge on any atom is -0.494 e. The molecule has 0 spiro atoms. The molecule has 0 radical (unpaired) electrons. The molecule has 1 aliphatic heterocycles. The van der Waals surface area contributed by atoms with E-state index in [1.165, 1.54) is 0 Å². The second-order valence-corrected chi connectivity index (χ2v) is 8.30. The van der Waals surface area contributed by atoms with Crippen molar-refractivity contribution in [3.8, 4) is 11.5 Å². The van der Waals surface area contributed by atoms with Crippen LogP contribution in [0, 0.1) is 0 Å². The largest absolute Gasteiger partial charge is 0.494 e. The van der Waals surface area contributed by atoms with Gasteiger partial charge in [0.25, 0.3) is 0 Å². The van der Waals surface area contributed by atoms with Crippen LogP contribution in [0.15, 0.2) is 78.0 Å². The van der Waals surface area contributed by atoms with Crippen LogP contribution in [0.4, 0.5) is 0 Å². The van der Waals surface area contributed by atoms with Gasteiger partial charge in [0.1, 0.15) is 11.5 Å². The third-order valence-electron chi connectivity index (χ3n) is 6.36. The van der Waals surface area contributed by atoms with Crippen molar-refractivity contribution in [2.45, 2.75) is 30.5 Å². The van der Waals surface area contributed by atoms with Gasteiger partial charge in [0.2, 0.25) is 0 Å². The van der Waals surface area contributed by atoms with E-state index in [1.807, 2.05) is 49.4 Å². The molecule has 1 heterocycles. The highest BCUT2D eigenvalue weighted by Crippen LogP contribution is 2.65. The molecule has 3 aromatic rings.